The SMILES string of the molecule is CCc1cc(CC2(c3cccc(F)c3)CNC2)n(CC)n1. The zero-order valence-corrected chi connectivity index (χ0v) is 12.7. The fourth-order valence-electron chi connectivity index (χ4n) is 3.13. The molecule has 0 saturated carbocycles. The number of nitrogens with zero attached hydrogens (tertiary/aromatic N) is 2. The molecule has 1 aromatic heterocycles. The van der Waals surface area contributed by atoms with Crippen LogP contribution in [0.5, 0.6) is 0 Å². The number of benzene rings is 1. The first-order chi connectivity index (χ1) is 10.2. The molecule has 21 heavy (non-hydrogen) atoms. The van der Waals surface area contributed by atoms with Crippen LogP contribution in [0.2, 0.25) is 0 Å². The van der Waals surface area contributed by atoms with E-state index in [0.717, 1.165) is 43.7 Å². The summed E-state index contributed by atoms with van der Waals surface area (Å²) in [5, 5.41) is 7.97. The Hall–Kier alpha value is -1.68. The number of rotatable bonds is 5. The van der Waals surface area contributed by atoms with Crippen molar-refractivity contribution >= 4 is 0 Å². The van der Waals surface area contributed by atoms with Gasteiger partial charge in [0.25, 0.3) is 0 Å². The number of hydrogen-bond acceptors (Lipinski definition) is 2. The maximum absolute atomic E-state index is 13.6. The van der Waals surface area contributed by atoms with Crippen molar-refractivity contribution in [1.29, 1.82) is 0 Å². The second kappa shape index (κ2) is 5.60. The highest BCUT2D eigenvalue weighted by molar-refractivity contribution is 5.33. The van der Waals surface area contributed by atoms with E-state index >= 15 is 0 Å². The zero-order chi connectivity index (χ0) is 14.9. The van der Waals surface area contributed by atoms with Gasteiger partial charge in [0, 0.05) is 37.2 Å². The van der Waals surface area contributed by atoms with Crippen LogP contribution in [0, 0.1) is 5.82 Å². The summed E-state index contributed by atoms with van der Waals surface area (Å²) in [6.45, 7) is 6.91. The smallest absolute Gasteiger partial charge is 0.123 e. The van der Waals surface area contributed by atoms with Crippen LogP contribution in [-0.2, 0) is 24.8 Å². The fraction of sp³-hybridized carbons (Fsp3) is 0.471. The molecule has 0 atom stereocenters. The zero-order valence-electron chi connectivity index (χ0n) is 12.7. The van der Waals surface area contributed by atoms with E-state index in [2.05, 4.69) is 35.0 Å². The van der Waals surface area contributed by atoms with Crippen LogP contribution in [0.25, 0.3) is 0 Å². The van der Waals surface area contributed by atoms with Gasteiger partial charge in [-0.1, -0.05) is 19.1 Å². The van der Waals surface area contributed by atoms with Gasteiger partial charge >= 0.3 is 0 Å². The van der Waals surface area contributed by atoms with Crippen molar-refractivity contribution in [2.45, 2.75) is 38.6 Å². The molecule has 0 radical (unpaired) electrons. The molecule has 112 valence electrons. The van der Waals surface area contributed by atoms with E-state index in [9.17, 15) is 4.39 Å². The molecule has 1 aliphatic rings. The van der Waals surface area contributed by atoms with Crippen LogP contribution in [0.4, 0.5) is 4.39 Å². The van der Waals surface area contributed by atoms with Crippen molar-refractivity contribution in [1.82, 2.24) is 15.1 Å². The minimum atomic E-state index is -0.156. The van der Waals surface area contributed by atoms with Crippen LogP contribution >= 0.6 is 0 Å². The molecule has 2 heterocycles. The summed E-state index contributed by atoms with van der Waals surface area (Å²) in [4.78, 5) is 0. The molecular weight excluding hydrogens is 265 g/mol. The Morgan fingerprint density at radius 3 is 2.67 bits per heavy atom. The number of aryl methyl sites for hydroxylation is 2. The lowest BCUT2D eigenvalue weighted by atomic mass is 9.72. The predicted octanol–water partition coefficient (Wildman–Crippen LogP) is 2.69. The number of nitrogens with one attached hydrogen (secondary N) is 1. The Morgan fingerprint density at radius 1 is 1.29 bits per heavy atom. The highest BCUT2D eigenvalue weighted by Gasteiger charge is 2.39. The molecule has 3 rings (SSSR count). The summed E-state index contributed by atoms with van der Waals surface area (Å²) < 4.78 is 15.6. The molecule has 0 spiro atoms. The van der Waals surface area contributed by atoms with Gasteiger partial charge in [0.1, 0.15) is 5.82 Å². The molecule has 0 bridgehead atoms. The van der Waals surface area contributed by atoms with E-state index in [4.69, 9.17) is 0 Å². The average molecular weight is 287 g/mol. The third-order valence-corrected chi connectivity index (χ3v) is 4.46. The van der Waals surface area contributed by atoms with Crippen molar-refractivity contribution in [3.63, 3.8) is 0 Å². The van der Waals surface area contributed by atoms with E-state index < -0.39 is 0 Å². The summed E-state index contributed by atoms with van der Waals surface area (Å²) in [7, 11) is 0. The Balaban J connectivity index is 1.92. The fourth-order valence-corrected chi connectivity index (χ4v) is 3.13. The molecule has 1 aromatic carbocycles. The van der Waals surface area contributed by atoms with Gasteiger partial charge in [0.2, 0.25) is 0 Å². The second-order valence-corrected chi connectivity index (χ2v) is 5.87. The van der Waals surface area contributed by atoms with Crippen molar-refractivity contribution in [3.8, 4) is 0 Å². The van der Waals surface area contributed by atoms with Crippen molar-refractivity contribution in [2.75, 3.05) is 13.1 Å². The predicted molar refractivity (Wildman–Crippen MR) is 81.9 cm³/mol. The first-order valence-corrected chi connectivity index (χ1v) is 7.69. The summed E-state index contributed by atoms with van der Waals surface area (Å²) in [5.41, 5.74) is 3.47. The Bertz CT molecular complexity index is 629. The van der Waals surface area contributed by atoms with Crippen LogP contribution < -0.4 is 5.32 Å². The van der Waals surface area contributed by atoms with Gasteiger partial charge in [-0.05, 0) is 37.1 Å². The van der Waals surface area contributed by atoms with Crippen LogP contribution in [0.3, 0.4) is 0 Å². The lowest BCUT2D eigenvalue weighted by Crippen LogP contribution is -2.58. The maximum Gasteiger partial charge on any atom is 0.123 e. The van der Waals surface area contributed by atoms with E-state index in [-0.39, 0.29) is 11.2 Å². The normalized spacial score (nSPS) is 16.7. The molecular formula is C17H22FN3. The third kappa shape index (κ3) is 2.60. The minimum absolute atomic E-state index is 0.0000642. The van der Waals surface area contributed by atoms with Crippen LogP contribution in [-0.4, -0.2) is 22.9 Å². The topological polar surface area (TPSA) is 29.9 Å². The molecule has 1 N–H and O–H groups in total. The largest absolute Gasteiger partial charge is 0.315 e. The van der Waals surface area contributed by atoms with E-state index in [1.807, 2.05) is 6.07 Å². The standard InChI is InChI=1S/C17H22FN3/c1-3-15-9-16(21(4-2)20-15)10-17(11-19-12-17)13-6-5-7-14(18)8-13/h5-9,19H,3-4,10-12H2,1-2H3. The van der Waals surface area contributed by atoms with Gasteiger partial charge in [-0.15, -0.1) is 0 Å². The van der Waals surface area contributed by atoms with E-state index in [0.29, 0.717) is 0 Å². The molecule has 1 fully saturated rings. The molecule has 4 heteroatoms. The quantitative estimate of drug-likeness (QED) is 0.916. The Morgan fingerprint density at radius 2 is 2.10 bits per heavy atom. The van der Waals surface area contributed by atoms with Crippen LogP contribution in [0.1, 0.15) is 30.8 Å². The second-order valence-electron chi connectivity index (χ2n) is 5.87. The van der Waals surface area contributed by atoms with Gasteiger partial charge in [-0.2, -0.15) is 5.10 Å². The lowest BCUT2D eigenvalue weighted by molar-refractivity contribution is 0.268. The molecule has 0 aliphatic carbocycles. The van der Waals surface area contributed by atoms with Gasteiger partial charge in [0.15, 0.2) is 0 Å². The summed E-state index contributed by atoms with van der Waals surface area (Å²) >= 11 is 0. The van der Waals surface area contributed by atoms with Gasteiger partial charge in [-0.25, -0.2) is 4.39 Å². The average Bonchev–Trinajstić information content (AvgIpc) is 2.85. The van der Waals surface area contributed by atoms with Crippen molar-refractivity contribution in [2.24, 2.45) is 0 Å². The minimum Gasteiger partial charge on any atom is -0.315 e. The summed E-state index contributed by atoms with van der Waals surface area (Å²) in [6, 6.07) is 9.22. The molecule has 2 aromatic rings. The Kier molecular flexibility index (Phi) is 3.81. The van der Waals surface area contributed by atoms with Crippen LogP contribution in [0.15, 0.2) is 30.3 Å². The van der Waals surface area contributed by atoms with Gasteiger partial charge < -0.3 is 5.32 Å². The molecule has 1 aliphatic heterocycles. The first kappa shape index (κ1) is 14.3. The van der Waals surface area contributed by atoms with Crippen molar-refractivity contribution in [3.05, 3.63) is 53.1 Å². The number of halogens is 1. The molecule has 1 saturated heterocycles. The van der Waals surface area contributed by atoms with Gasteiger partial charge in [0.05, 0.1) is 5.69 Å². The molecule has 0 unspecified atom stereocenters. The third-order valence-electron chi connectivity index (χ3n) is 4.46. The van der Waals surface area contributed by atoms with E-state index in [1.165, 1.54) is 11.8 Å². The monoisotopic (exact) mass is 287 g/mol. The summed E-state index contributed by atoms with van der Waals surface area (Å²) in [6.07, 6.45) is 1.86. The molecule has 0 amide bonds. The van der Waals surface area contributed by atoms with Crippen molar-refractivity contribution < 1.29 is 4.39 Å². The first-order valence-electron chi connectivity index (χ1n) is 7.69. The maximum atomic E-state index is 13.6. The summed E-state index contributed by atoms with van der Waals surface area (Å²) in [5.74, 6) is -0.156. The number of hydrogen-bond donors (Lipinski definition) is 1. The lowest BCUT2D eigenvalue weighted by Gasteiger charge is -2.43. The van der Waals surface area contributed by atoms with E-state index in [1.54, 1.807) is 12.1 Å². The Labute approximate surface area is 125 Å². The molecule has 3 nitrogen and oxygen atoms in total. The van der Waals surface area contributed by atoms with Gasteiger partial charge in [-0.3, -0.25) is 4.68 Å². The highest BCUT2D eigenvalue weighted by atomic mass is 19.1. The highest BCUT2D eigenvalue weighted by Crippen LogP contribution is 2.33. The number of aromatic nitrogens is 2.